The zero-order valence-corrected chi connectivity index (χ0v) is 12.9. The molecule has 0 aliphatic heterocycles. The number of ether oxygens (including phenoxy) is 1. The number of thioether (sulfide) groups is 1. The van der Waals surface area contributed by atoms with E-state index in [-0.39, 0.29) is 12.4 Å². The molecule has 3 nitrogen and oxygen atoms in total. The molecular formula is C16H12ClNO2S. The summed E-state index contributed by atoms with van der Waals surface area (Å²) >= 11 is 7.53. The number of halogens is 1. The van der Waals surface area contributed by atoms with Gasteiger partial charge in [0.1, 0.15) is 11.8 Å². The lowest BCUT2D eigenvalue weighted by molar-refractivity contribution is 0.0921. The van der Waals surface area contributed by atoms with Crippen molar-refractivity contribution in [1.29, 1.82) is 5.26 Å². The molecule has 5 heteroatoms. The van der Waals surface area contributed by atoms with Gasteiger partial charge in [-0.05, 0) is 30.5 Å². The maximum absolute atomic E-state index is 12.0. The predicted molar refractivity (Wildman–Crippen MR) is 84.2 cm³/mol. The second-order valence-corrected chi connectivity index (χ2v) is 5.48. The van der Waals surface area contributed by atoms with Crippen LogP contribution in [-0.2, 0) is 0 Å². The molecule has 0 radical (unpaired) electrons. The predicted octanol–water partition coefficient (Wildman–Crippen LogP) is 4.20. The van der Waals surface area contributed by atoms with Gasteiger partial charge in [0.05, 0.1) is 10.6 Å². The second kappa shape index (κ2) is 7.16. The lowest BCUT2D eigenvalue weighted by atomic mass is 10.1. The first-order valence-corrected chi connectivity index (χ1v) is 7.74. The van der Waals surface area contributed by atoms with Crippen LogP contribution in [0.25, 0.3) is 0 Å². The zero-order valence-electron chi connectivity index (χ0n) is 11.3. The molecule has 2 aromatic rings. The summed E-state index contributed by atoms with van der Waals surface area (Å²) in [6.45, 7) is -0.0686. The largest absolute Gasteiger partial charge is 0.485 e. The molecule has 0 bridgehead atoms. The molecule has 0 N–H and O–H groups in total. The highest BCUT2D eigenvalue weighted by molar-refractivity contribution is 7.98. The van der Waals surface area contributed by atoms with E-state index in [0.29, 0.717) is 21.9 Å². The third-order valence-corrected chi connectivity index (χ3v) is 3.90. The fraction of sp³-hybridized carbons (Fsp3) is 0.125. The van der Waals surface area contributed by atoms with Gasteiger partial charge in [0.15, 0.2) is 12.4 Å². The molecule has 106 valence electrons. The SMILES string of the molecule is CSc1ccc(C(=O)COc2ccc(C#N)c(Cl)c2)cc1. The standard InChI is InChI=1S/C16H12ClNO2S/c1-21-14-6-3-11(4-7-14)16(19)10-20-13-5-2-12(9-18)15(17)8-13/h2-8H,10H2,1H3. The molecule has 0 saturated carbocycles. The smallest absolute Gasteiger partial charge is 0.200 e. The fourth-order valence-corrected chi connectivity index (χ4v) is 2.31. The van der Waals surface area contributed by atoms with Crippen LogP contribution in [-0.4, -0.2) is 18.6 Å². The summed E-state index contributed by atoms with van der Waals surface area (Å²) in [5.41, 5.74) is 0.982. The topological polar surface area (TPSA) is 50.1 Å². The van der Waals surface area contributed by atoms with Gasteiger partial charge in [-0.2, -0.15) is 5.26 Å². The molecular weight excluding hydrogens is 306 g/mol. The number of hydrogen-bond donors (Lipinski definition) is 0. The van der Waals surface area contributed by atoms with Gasteiger partial charge in [-0.1, -0.05) is 23.7 Å². The first-order chi connectivity index (χ1) is 10.1. The number of Topliss-reactive ketones (excluding diaryl/α,β-unsaturated/α-hetero) is 1. The number of hydrogen-bond acceptors (Lipinski definition) is 4. The molecule has 0 aliphatic carbocycles. The summed E-state index contributed by atoms with van der Waals surface area (Å²) in [5, 5.41) is 9.10. The minimum Gasteiger partial charge on any atom is -0.485 e. The Bertz CT molecular complexity index is 692. The summed E-state index contributed by atoms with van der Waals surface area (Å²) in [6.07, 6.45) is 1.98. The van der Waals surface area contributed by atoms with Gasteiger partial charge in [0.2, 0.25) is 0 Å². The summed E-state index contributed by atoms with van der Waals surface area (Å²) in [6, 6.07) is 14.0. The lowest BCUT2D eigenvalue weighted by Crippen LogP contribution is -2.11. The summed E-state index contributed by atoms with van der Waals surface area (Å²) in [7, 11) is 0. The van der Waals surface area contributed by atoms with Crippen molar-refractivity contribution in [3.8, 4) is 11.8 Å². The van der Waals surface area contributed by atoms with Gasteiger partial charge in [0.25, 0.3) is 0 Å². The van der Waals surface area contributed by atoms with Crippen molar-refractivity contribution >= 4 is 29.1 Å². The molecule has 0 aromatic heterocycles. The van der Waals surface area contributed by atoms with Crippen LogP contribution in [0.2, 0.25) is 5.02 Å². The molecule has 0 aliphatic rings. The van der Waals surface area contributed by atoms with E-state index in [9.17, 15) is 4.79 Å². The van der Waals surface area contributed by atoms with Crippen molar-refractivity contribution in [2.45, 2.75) is 4.90 Å². The third-order valence-electron chi connectivity index (χ3n) is 2.84. The summed E-state index contributed by atoms with van der Waals surface area (Å²) < 4.78 is 5.41. The molecule has 0 amide bonds. The Labute approximate surface area is 132 Å². The highest BCUT2D eigenvalue weighted by Gasteiger charge is 2.08. The van der Waals surface area contributed by atoms with Gasteiger partial charge in [-0.15, -0.1) is 11.8 Å². The average molecular weight is 318 g/mol. The Hall–Kier alpha value is -1.96. The van der Waals surface area contributed by atoms with Crippen LogP contribution in [0, 0.1) is 11.3 Å². The number of benzene rings is 2. The number of nitrogens with zero attached hydrogens (tertiary/aromatic N) is 1. The molecule has 21 heavy (non-hydrogen) atoms. The van der Waals surface area contributed by atoms with Gasteiger partial charge >= 0.3 is 0 Å². The maximum Gasteiger partial charge on any atom is 0.200 e. The van der Waals surface area contributed by atoms with Crippen molar-refractivity contribution in [2.24, 2.45) is 0 Å². The Kier molecular flexibility index (Phi) is 5.26. The number of carbonyl (C=O) groups is 1. The van der Waals surface area contributed by atoms with Crippen molar-refractivity contribution < 1.29 is 9.53 Å². The monoisotopic (exact) mass is 317 g/mol. The van der Waals surface area contributed by atoms with Crippen LogP contribution in [0.3, 0.4) is 0 Å². The number of nitriles is 1. The Morgan fingerprint density at radius 3 is 2.57 bits per heavy atom. The van der Waals surface area contributed by atoms with Crippen LogP contribution in [0.15, 0.2) is 47.4 Å². The molecule has 0 fully saturated rings. The van der Waals surface area contributed by atoms with E-state index in [1.54, 1.807) is 36.0 Å². The molecule has 0 heterocycles. The van der Waals surface area contributed by atoms with E-state index >= 15 is 0 Å². The molecule has 2 rings (SSSR count). The Morgan fingerprint density at radius 1 is 1.29 bits per heavy atom. The number of carbonyl (C=O) groups excluding carboxylic acids is 1. The van der Waals surface area contributed by atoms with Crippen LogP contribution >= 0.6 is 23.4 Å². The molecule has 0 atom stereocenters. The number of rotatable bonds is 5. The van der Waals surface area contributed by atoms with Gasteiger partial charge in [-0.3, -0.25) is 4.79 Å². The van der Waals surface area contributed by atoms with E-state index in [4.69, 9.17) is 21.6 Å². The quantitative estimate of drug-likeness (QED) is 0.612. The van der Waals surface area contributed by atoms with E-state index in [0.717, 1.165) is 4.90 Å². The summed E-state index contributed by atoms with van der Waals surface area (Å²) in [4.78, 5) is 13.1. The molecule has 2 aromatic carbocycles. The van der Waals surface area contributed by atoms with Crippen LogP contribution in [0.1, 0.15) is 15.9 Å². The first-order valence-electron chi connectivity index (χ1n) is 6.13. The first kappa shape index (κ1) is 15.4. The zero-order chi connectivity index (χ0) is 15.2. The van der Waals surface area contributed by atoms with Gasteiger partial charge in [0, 0.05) is 16.5 Å². The van der Waals surface area contributed by atoms with Crippen molar-refractivity contribution in [2.75, 3.05) is 12.9 Å². The highest BCUT2D eigenvalue weighted by atomic mass is 35.5. The van der Waals surface area contributed by atoms with E-state index in [1.807, 2.05) is 24.5 Å². The lowest BCUT2D eigenvalue weighted by Gasteiger charge is -2.07. The Morgan fingerprint density at radius 2 is 2.00 bits per heavy atom. The van der Waals surface area contributed by atoms with Gasteiger partial charge in [-0.25, -0.2) is 0 Å². The van der Waals surface area contributed by atoms with Crippen molar-refractivity contribution in [3.63, 3.8) is 0 Å². The van der Waals surface area contributed by atoms with E-state index in [2.05, 4.69) is 0 Å². The number of ketones is 1. The highest BCUT2D eigenvalue weighted by Crippen LogP contribution is 2.22. The third kappa shape index (κ3) is 4.01. The fourth-order valence-electron chi connectivity index (χ4n) is 1.69. The van der Waals surface area contributed by atoms with Crippen molar-refractivity contribution in [1.82, 2.24) is 0 Å². The van der Waals surface area contributed by atoms with E-state index in [1.165, 1.54) is 6.07 Å². The van der Waals surface area contributed by atoms with Crippen LogP contribution in [0.4, 0.5) is 0 Å². The maximum atomic E-state index is 12.0. The Balaban J connectivity index is 2.00. The minimum atomic E-state index is -0.108. The minimum absolute atomic E-state index is 0.0686. The normalized spacial score (nSPS) is 9.95. The van der Waals surface area contributed by atoms with E-state index < -0.39 is 0 Å². The van der Waals surface area contributed by atoms with Crippen LogP contribution in [0.5, 0.6) is 5.75 Å². The second-order valence-electron chi connectivity index (χ2n) is 4.19. The molecule has 0 saturated heterocycles. The molecule has 0 spiro atoms. The summed E-state index contributed by atoms with van der Waals surface area (Å²) in [5.74, 6) is 0.358. The van der Waals surface area contributed by atoms with Crippen molar-refractivity contribution in [3.05, 3.63) is 58.6 Å². The van der Waals surface area contributed by atoms with Crippen LogP contribution < -0.4 is 4.74 Å². The average Bonchev–Trinajstić information content (AvgIpc) is 2.52. The van der Waals surface area contributed by atoms with Gasteiger partial charge < -0.3 is 4.74 Å². The molecule has 0 unspecified atom stereocenters.